The van der Waals surface area contributed by atoms with Gasteiger partial charge in [-0.3, -0.25) is 4.99 Å². The number of hydrogen-bond acceptors (Lipinski definition) is 2. The van der Waals surface area contributed by atoms with Crippen LogP contribution in [0.1, 0.15) is 6.92 Å². The summed E-state index contributed by atoms with van der Waals surface area (Å²) in [5.41, 5.74) is 1.57. The lowest BCUT2D eigenvalue weighted by molar-refractivity contribution is 0.443. The fraction of sp³-hybridized carbons (Fsp3) is 0.182. The molecule has 0 heterocycles. The van der Waals surface area contributed by atoms with Crippen LogP contribution in [0.15, 0.2) is 52.8 Å². The smallest absolute Gasteiger partial charge is 0.141 e. The van der Waals surface area contributed by atoms with E-state index in [2.05, 4.69) is 4.99 Å². The highest BCUT2D eigenvalue weighted by Crippen LogP contribution is 2.13. The van der Waals surface area contributed by atoms with Crippen LogP contribution in [0.25, 0.3) is 0 Å². The highest BCUT2D eigenvalue weighted by molar-refractivity contribution is 6.13. The van der Waals surface area contributed by atoms with E-state index in [0.29, 0.717) is 5.71 Å². The molecule has 0 aliphatic heterocycles. The first-order valence-electron chi connectivity index (χ1n) is 4.17. The van der Waals surface area contributed by atoms with Crippen LogP contribution in [0.2, 0.25) is 0 Å². The number of aliphatic hydroxyl groups is 1. The molecule has 0 saturated carbocycles. The second kappa shape index (κ2) is 4.45. The molecule has 1 N–H and O–H groups in total. The van der Waals surface area contributed by atoms with Gasteiger partial charge in [0.2, 0.25) is 0 Å². The van der Waals surface area contributed by atoms with Crippen LogP contribution < -0.4 is 0 Å². The molecule has 0 atom stereocenters. The van der Waals surface area contributed by atoms with Crippen molar-refractivity contribution in [2.24, 2.45) is 4.99 Å². The van der Waals surface area contributed by atoms with E-state index in [1.807, 2.05) is 31.2 Å². The van der Waals surface area contributed by atoms with E-state index in [9.17, 15) is 5.11 Å². The number of allylic oxidation sites excluding steroid dienone is 7. The standard InChI is InChI=1S/C11H13NO/c1-3-4-6-9-7-5-8-10(13)11(9)12-2/h3-8,13H,1-2H3/b4-3-,9-6-,12-11-. The summed E-state index contributed by atoms with van der Waals surface area (Å²) in [6.45, 7) is 1.95. The molecule has 1 aliphatic carbocycles. The lowest BCUT2D eigenvalue weighted by Gasteiger charge is -2.08. The third-order valence-corrected chi connectivity index (χ3v) is 1.74. The van der Waals surface area contributed by atoms with E-state index >= 15 is 0 Å². The summed E-state index contributed by atoms with van der Waals surface area (Å²) in [5.74, 6) is 0.223. The van der Waals surface area contributed by atoms with Crippen molar-refractivity contribution in [1.82, 2.24) is 0 Å². The molecule has 0 amide bonds. The van der Waals surface area contributed by atoms with Crippen LogP contribution in [-0.2, 0) is 0 Å². The number of nitrogens with zero attached hydrogens (tertiary/aromatic N) is 1. The first kappa shape index (κ1) is 9.52. The minimum absolute atomic E-state index is 0.223. The number of rotatable bonds is 1. The summed E-state index contributed by atoms with van der Waals surface area (Å²) < 4.78 is 0. The molecule has 1 aliphatic rings. The Hall–Kier alpha value is -1.57. The van der Waals surface area contributed by atoms with Gasteiger partial charge in [-0.05, 0) is 13.0 Å². The van der Waals surface area contributed by atoms with Gasteiger partial charge in [0.1, 0.15) is 11.5 Å². The zero-order valence-corrected chi connectivity index (χ0v) is 7.86. The van der Waals surface area contributed by atoms with E-state index in [1.54, 1.807) is 19.2 Å². The van der Waals surface area contributed by atoms with E-state index in [4.69, 9.17) is 0 Å². The maximum absolute atomic E-state index is 9.45. The Bertz CT molecular complexity index is 330. The molecule has 0 fully saturated rings. The van der Waals surface area contributed by atoms with E-state index in [1.165, 1.54) is 0 Å². The van der Waals surface area contributed by atoms with Gasteiger partial charge in [0.15, 0.2) is 0 Å². The second-order valence-corrected chi connectivity index (χ2v) is 2.63. The van der Waals surface area contributed by atoms with Gasteiger partial charge in [0.25, 0.3) is 0 Å². The summed E-state index contributed by atoms with van der Waals surface area (Å²) in [6, 6.07) is 0. The van der Waals surface area contributed by atoms with E-state index < -0.39 is 0 Å². The fourth-order valence-electron chi connectivity index (χ4n) is 1.13. The number of aliphatic hydroxyl groups excluding tert-OH is 1. The summed E-state index contributed by atoms with van der Waals surface area (Å²) in [4.78, 5) is 4.01. The Morgan fingerprint density at radius 2 is 2.23 bits per heavy atom. The lowest BCUT2D eigenvalue weighted by Crippen LogP contribution is -2.07. The molecule has 68 valence electrons. The van der Waals surface area contributed by atoms with Crippen LogP contribution >= 0.6 is 0 Å². The van der Waals surface area contributed by atoms with Crippen LogP contribution in [0.4, 0.5) is 0 Å². The molecule has 1 rings (SSSR count). The van der Waals surface area contributed by atoms with Crippen molar-refractivity contribution in [2.45, 2.75) is 6.92 Å². The third-order valence-electron chi connectivity index (χ3n) is 1.74. The normalized spacial score (nSPS) is 23.1. The van der Waals surface area contributed by atoms with Gasteiger partial charge in [0, 0.05) is 12.6 Å². The maximum atomic E-state index is 9.45. The zero-order chi connectivity index (χ0) is 9.68. The molecule has 0 saturated heterocycles. The van der Waals surface area contributed by atoms with Gasteiger partial charge in [-0.1, -0.05) is 30.4 Å². The molecule has 2 heteroatoms. The molecule has 0 aromatic heterocycles. The van der Waals surface area contributed by atoms with Gasteiger partial charge in [-0.2, -0.15) is 0 Å². The Morgan fingerprint density at radius 3 is 2.85 bits per heavy atom. The van der Waals surface area contributed by atoms with Crippen molar-refractivity contribution in [1.29, 1.82) is 0 Å². The molecule has 0 unspecified atom stereocenters. The lowest BCUT2D eigenvalue weighted by atomic mass is 10.0. The first-order chi connectivity index (χ1) is 6.29. The summed E-state index contributed by atoms with van der Waals surface area (Å²) in [6.07, 6.45) is 11.1. The fourth-order valence-corrected chi connectivity index (χ4v) is 1.13. The maximum Gasteiger partial charge on any atom is 0.141 e. The molecule has 13 heavy (non-hydrogen) atoms. The molecule has 0 bridgehead atoms. The minimum Gasteiger partial charge on any atom is -0.506 e. The molecule has 0 aromatic rings. The SMILES string of the molecule is C\C=C/C=C1/C=CC=C(O)/C1=N\C. The average molecular weight is 175 g/mol. The van der Waals surface area contributed by atoms with E-state index in [0.717, 1.165) is 5.57 Å². The van der Waals surface area contributed by atoms with Gasteiger partial charge in [0.05, 0.1) is 0 Å². The molecule has 0 aromatic carbocycles. The summed E-state index contributed by atoms with van der Waals surface area (Å²) >= 11 is 0. The molecule has 0 radical (unpaired) electrons. The van der Waals surface area contributed by atoms with Gasteiger partial charge < -0.3 is 5.11 Å². The molecular formula is C11H13NO. The Kier molecular flexibility index (Phi) is 3.26. The molecule has 0 spiro atoms. The largest absolute Gasteiger partial charge is 0.506 e. The second-order valence-electron chi connectivity index (χ2n) is 2.63. The van der Waals surface area contributed by atoms with Crippen LogP contribution in [-0.4, -0.2) is 17.9 Å². The van der Waals surface area contributed by atoms with Gasteiger partial charge in [-0.15, -0.1) is 0 Å². The van der Waals surface area contributed by atoms with Gasteiger partial charge >= 0.3 is 0 Å². The summed E-state index contributed by atoms with van der Waals surface area (Å²) in [7, 11) is 1.67. The Labute approximate surface area is 78.3 Å². The Morgan fingerprint density at radius 1 is 1.46 bits per heavy atom. The monoisotopic (exact) mass is 175 g/mol. The quantitative estimate of drug-likeness (QED) is 0.652. The van der Waals surface area contributed by atoms with Crippen LogP contribution in [0, 0.1) is 0 Å². The first-order valence-corrected chi connectivity index (χ1v) is 4.17. The third kappa shape index (κ3) is 2.18. The van der Waals surface area contributed by atoms with Crippen molar-refractivity contribution in [3.63, 3.8) is 0 Å². The highest BCUT2D eigenvalue weighted by Gasteiger charge is 2.10. The zero-order valence-electron chi connectivity index (χ0n) is 7.86. The Balaban J connectivity index is 3.02. The topological polar surface area (TPSA) is 32.6 Å². The molecule has 2 nitrogen and oxygen atoms in total. The molecular weight excluding hydrogens is 162 g/mol. The van der Waals surface area contributed by atoms with E-state index in [-0.39, 0.29) is 5.76 Å². The van der Waals surface area contributed by atoms with Gasteiger partial charge in [-0.25, -0.2) is 0 Å². The number of hydrogen-bond donors (Lipinski definition) is 1. The summed E-state index contributed by atoms with van der Waals surface area (Å²) in [5, 5.41) is 9.45. The predicted octanol–water partition coefficient (Wildman–Crippen LogP) is 2.57. The van der Waals surface area contributed by atoms with Crippen molar-refractivity contribution < 1.29 is 5.11 Å². The highest BCUT2D eigenvalue weighted by atomic mass is 16.3. The van der Waals surface area contributed by atoms with Crippen molar-refractivity contribution in [3.05, 3.63) is 47.8 Å². The van der Waals surface area contributed by atoms with Crippen molar-refractivity contribution in [3.8, 4) is 0 Å². The number of aliphatic imine (C=N–C) groups is 1. The minimum atomic E-state index is 0.223. The van der Waals surface area contributed by atoms with Crippen LogP contribution in [0.3, 0.4) is 0 Å². The van der Waals surface area contributed by atoms with Crippen LogP contribution in [0.5, 0.6) is 0 Å². The van der Waals surface area contributed by atoms with Crippen molar-refractivity contribution >= 4 is 5.71 Å². The predicted molar refractivity (Wildman–Crippen MR) is 56.1 cm³/mol. The van der Waals surface area contributed by atoms with Crippen molar-refractivity contribution in [2.75, 3.05) is 7.05 Å². The average Bonchev–Trinajstić information content (AvgIpc) is 2.15.